The van der Waals surface area contributed by atoms with E-state index in [4.69, 9.17) is 5.73 Å². The van der Waals surface area contributed by atoms with Crippen LogP contribution < -0.4 is 11.1 Å². The molecule has 0 spiro atoms. The minimum Gasteiger partial charge on any atom is -0.353 e. The average molecular weight is 252 g/mol. The van der Waals surface area contributed by atoms with Gasteiger partial charge in [-0.25, -0.2) is 0 Å². The zero-order valence-corrected chi connectivity index (χ0v) is 12.1. The highest BCUT2D eigenvalue weighted by atomic mass is 16.2. The second-order valence-electron chi connectivity index (χ2n) is 7.35. The van der Waals surface area contributed by atoms with Gasteiger partial charge in [-0.1, -0.05) is 26.7 Å². The van der Waals surface area contributed by atoms with Crippen molar-refractivity contribution in [3.63, 3.8) is 0 Å². The Hall–Kier alpha value is -0.570. The third kappa shape index (κ3) is 2.71. The van der Waals surface area contributed by atoms with Crippen molar-refractivity contribution in [1.29, 1.82) is 0 Å². The van der Waals surface area contributed by atoms with E-state index in [0.717, 1.165) is 32.1 Å². The van der Waals surface area contributed by atoms with E-state index in [1.165, 1.54) is 12.8 Å². The molecule has 2 rings (SSSR count). The molecule has 0 saturated heterocycles. The van der Waals surface area contributed by atoms with Crippen LogP contribution in [0.15, 0.2) is 0 Å². The molecule has 0 aromatic carbocycles. The summed E-state index contributed by atoms with van der Waals surface area (Å²) in [5, 5.41) is 3.27. The highest BCUT2D eigenvalue weighted by Gasteiger charge is 2.44. The lowest BCUT2D eigenvalue weighted by molar-refractivity contribution is -0.131. The van der Waals surface area contributed by atoms with E-state index in [1.807, 2.05) is 6.92 Å². The lowest BCUT2D eigenvalue weighted by atomic mass is 9.74. The van der Waals surface area contributed by atoms with Gasteiger partial charge in [0.25, 0.3) is 0 Å². The molecule has 0 aromatic rings. The fourth-order valence-corrected chi connectivity index (χ4v) is 3.65. The van der Waals surface area contributed by atoms with Gasteiger partial charge in [-0.15, -0.1) is 0 Å². The molecule has 0 heterocycles. The third-order valence-electron chi connectivity index (χ3n) is 5.09. The summed E-state index contributed by atoms with van der Waals surface area (Å²) in [6.45, 7) is 6.64. The van der Waals surface area contributed by atoms with Crippen molar-refractivity contribution in [2.24, 2.45) is 16.6 Å². The van der Waals surface area contributed by atoms with Gasteiger partial charge < -0.3 is 11.1 Å². The molecule has 3 nitrogen and oxygen atoms in total. The van der Waals surface area contributed by atoms with E-state index in [2.05, 4.69) is 19.2 Å². The fraction of sp³-hybridized carbons (Fsp3) is 0.933. The van der Waals surface area contributed by atoms with Crippen molar-refractivity contribution >= 4 is 5.91 Å². The lowest BCUT2D eigenvalue weighted by Crippen LogP contribution is -2.51. The summed E-state index contributed by atoms with van der Waals surface area (Å²) in [4.78, 5) is 12.5. The van der Waals surface area contributed by atoms with Crippen LogP contribution in [0.2, 0.25) is 0 Å². The number of carbonyl (C=O) groups excluding carboxylic acids is 1. The van der Waals surface area contributed by atoms with Crippen LogP contribution in [0.4, 0.5) is 0 Å². The first kappa shape index (κ1) is 13.9. The molecule has 2 aliphatic rings. The Labute approximate surface area is 111 Å². The smallest absolute Gasteiger partial charge is 0.227 e. The molecule has 0 aliphatic heterocycles. The number of nitrogens with one attached hydrogen (secondary N) is 1. The molecule has 0 bridgehead atoms. The molecule has 1 amide bonds. The normalized spacial score (nSPS) is 39.6. The molecule has 0 aromatic heterocycles. The molecule has 104 valence electrons. The first-order valence-corrected chi connectivity index (χ1v) is 7.40. The monoisotopic (exact) mass is 252 g/mol. The van der Waals surface area contributed by atoms with Crippen LogP contribution in [0, 0.1) is 10.8 Å². The van der Waals surface area contributed by atoms with Gasteiger partial charge in [0.1, 0.15) is 0 Å². The summed E-state index contributed by atoms with van der Waals surface area (Å²) in [6, 6.07) is 0.389. The zero-order chi connectivity index (χ0) is 13.4. The standard InChI is InChI=1S/C15H28N2O/c1-14(2)8-4-6-11(10-14)17-13(18)15(3)9-5-7-12(15)16/h11-12H,4-10,16H2,1-3H3,(H,17,18). The number of amides is 1. The van der Waals surface area contributed by atoms with Gasteiger partial charge in [-0.05, 0) is 44.4 Å². The number of hydrogen-bond donors (Lipinski definition) is 2. The average Bonchev–Trinajstić information content (AvgIpc) is 2.59. The summed E-state index contributed by atoms with van der Waals surface area (Å²) in [5.41, 5.74) is 6.15. The Kier molecular flexibility index (Phi) is 3.72. The minimum atomic E-state index is -0.332. The van der Waals surface area contributed by atoms with Crippen LogP contribution in [0.3, 0.4) is 0 Å². The van der Waals surface area contributed by atoms with Gasteiger partial charge in [0.15, 0.2) is 0 Å². The maximum absolute atomic E-state index is 12.5. The number of nitrogens with two attached hydrogens (primary N) is 1. The van der Waals surface area contributed by atoms with Crippen LogP contribution in [0.25, 0.3) is 0 Å². The van der Waals surface area contributed by atoms with Gasteiger partial charge in [-0.3, -0.25) is 4.79 Å². The SMILES string of the molecule is CC1(C)CCCC(NC(=O)C2(C)CCCC2N)C1. The van der Waals surface area contributed by atoms with Crippen molar-refractivity contribution in [2.45, 2.75) is 77.8 Å². The predicted molar refractivity (Wildman–Crippen MR) is 74.1 cm³/mol. The van der Waals surface area contributed by atoms with E-state index in [9.17, 15) is 4.79 Å². The third-order valence-corrected chi connectivity index (χ3v) is 5.09. The Bertz CT molecular complexity index is 326. The van der Waals surface area contributed by atoms with E-state index in [1.54, 1.807) is 0 Å². The molecule has 2 saturated carbocycles. The van der Waals surface area contributed by atoms with Crippen LogP contribution in [0.5, 0.6) is 0 Å². The predicted octanol–water partition coefficient (Wildman–Crippen LogP) is 2.59. The lowest BCUT2D eigenvalue weighted by Gasteiger charge is -2.37. The largest absolute Gasteiger partial charge is 0.353 e. The van der Waals surface area contributed by atoms with Gasteiger partial charge in [-0.2, -0.15) is 0 Å². The number of hydrogen-bond acceptors (Lipinski definition) is 2. The summed E-state index contributed by atoms with van der Waals surface area (Å²) in [7, 11) is 0. The number of carbonyl (C=O) groups is 1. The first-order chi connectivity index (χ1) is 8.33. The van der Waals surface area contributed by atoms with E-state index >= 15 is 0 Å². The van der Waals surface area contributed by atoms with Crippen molar-refractivity contribution in [1.82, 2.24) is 5.32 Å². The zero-order valence-electron chi connectivity index (χ0n) is 12.1. The van der Waals surface area contributed by atoms with Crippen molar-refractivity contribution < 1.29 is 4.79 Å². The Balaban J connectivity index is 1.95. The molecule has 3 N–H and O–H groups in total. The number of rotatable bonds is 2. The Morgan fingerprint density at radius 3 is 2.39 bits per heavy atom. The van der Waals surface area contributed by atoms with E-state index in [0.29, 0.717) is 11.5 Å². The quantitative estimate of drug-likeness (QED) is 0.793. The van der Waals surface area contributed by atoms with Crippen molar-refractivity contribution in [3.8, 4) is 0 Å². The summed E-state index contributed by atoms with van der Waals surface area (Å²) in [6.07, 6.45) is 7.73. The van der Waals surface area contributed by atoms with Gasteiger partial charge in [0.05, 0.1) is 5.41 Å². The highest BCUT2D eigenvalue weighted by molar-refractivity contribution is 5.83. The summed E-state index contributed by atoms with van der Waals surface area (Å²) >= 11 is 0. The van der Waals surface area contributed by atoms with Crippen LogP contribution in [-0.2, 0) is 4.79 Å². The molecule has 3 atom stereocenters. The molecule has 2 aliphatic carbocycles. The van der Waals surface area contributed by atoms with Gasteiger partial charge in [0.2, 0.25) is 5.91 Å². The van der Waals surface area contributed by atoms with Crippen LogP contribution in [0.1, 0.15) is 65.7 Å². The van der Waals surface area contributed by atoms with E-state index < -0.39 is 0 Å². The molecule has 3 heteroatoms. The first-order valence-electron chi connectivity index (χ1n) is 7.40. The highest BCUT2D eigenvalue weighted by Crippen LogP contribution is 2.39. The summed E-state index contributed by atoms with van der Waals surface area (Å²) < 4.78 is 0. The van der Waals surface area contributed by atoms with Gasteiger partial charge >= 0.3 is 0 Å². The summed E-state index contributed by atoms with van der Waals surface area (Å²) in [5.74, 6) is 0.190. The molecular weight excluding hydrogens is 224 g/mol. The second kappa shape index (κ2) is 4.84. The minimum absolute atomic E-state index is 0.0362. The van der Waals surface area contributed by atoms with Gasteiger partial charge in [0, 0.05) is 12.1 Å². The van der Waals surface area contributed by atoms with Crippen molar-refractivity contribution in [2.75, 3.05) is 0 Å². The fourth-order valence-electron chi connectivity index (χ4n) is 3.65. The maximum atomic E-state index is 12.5. The van der Waals surface area contributed by atoms with Crippen LogP contribution >= 0.6 is 0 Å². The molecular formula is C15H28N2O. The topological polar surface area (TPSA) is 55.1 Å². The van der Waals surface area contributed by atoms with Crippen LogP contribution in [-0.4, -0.2) is 18.0 Å². The van der Waals surface area contributed by atoms with Crippen molar-refractivity contribution in [3.05, 3.63) is 0 Å². The second-order valence-corrected chi connectivity index (χ2v) is 7.35. The maximum Gasteiger partial charge on any atom is 0.227 e. The Morgan fingerprint density at radius 1 is 1.17 bits per heavy atom. The molecule has 2 fully saturated rings. The molecule has 0 radical (unpaired) electrons. The molecule has 18 heavy (non-hydrogen) atoms. The Morgan fingerprint density at radius 2 is 1.83 bits per heavy atom. The van der Waals surface area contributed by atoms with E-state index in [-0.39, 0.29) is 17.4 Å². The molecule has 3 unspecified atom stereocenters.